The molecule has 1 aromatic carbocycles. The molecular formula is C21H31NO4. The SMILES string of the molecule is COC(=O)[C@@H](C)CCC(=O)c1cccc(CCCCCC(=O)N(C)C)c1. The maximum absolute atomic E-state index is 12.3. The summed E-state index contributed by atoms with van der Waals surface area (Å²) in [6.45, 7) is 1.77. The van der Waals surface area contributed by atoms with Gasteiger partial charge in [-0.05, 0) is 37.3 Å². The number of nitrogens with zero attached hydrogens (tertiary/aromatic N) is 1. The van der Waals surface area contributed by atoms with Gasteiger partial charge >= 0.3 is 5.97 Å². The first kappa shape index (κ1) is 21.9. The maximum Gasteiger partial charge on any atom is 0.308 e. The predicted molar refractivity (Wildman–Crippen MR) is 102 cm³/mol. The summed E-state index contributed by atoms with van der Waals surface area (Å²) in [5.74, 6) is -0.325. The standard InChI is InChI=1S/C21H31NO4/c1-16(21(25)26-4)13-14-19(23)18-11-8-10-17(15-18)9-6-5-7-12-20(24)22(2)3/h8,10-11,15-16H,5-7,9,12-14H2,1-4H3/t16-/m0/s1. The molecule has 5 nitrogen and oxygen atoms in total. The molecule has 0 aliphatic rings. The third-order valence-corrected chi connectivity index (χ3v) is 4.51. The highest BCUT2D eigenvalue weighted by Crippen LogP contribution is 2.15. The van der Waals surface area contributed by atoms with Crippen LogP contribution < -0.4 is 0 Å². The van der Waals surface area contributed by atoms with E-state index in [1.54, 1.807) is 25.9 Å². The Labute approximate surface area is 156 Å². The number of benzene rings is 1. The van der Waals surface area contributed by atoms with Gasteiger partial charge in [-0.15, -0.1) is 0 Å². The zero-order valence-electron chi connectivity index (χ0n) is 16.4. The fraction of sp³-hybridized carbons (Fsp3) is 0.571. The van der Waals surface area contributed by atoms with Crippen molar-refractivity contribution in [2.24, 2.45) is 5.92 Å². The first-order valence-corrected chi connectivity index (χ1v) is 9.25. The summed E-state index contributed by atoms with van der Waals surface area (Å²) >= 11 is 0. The van der Waals surface area contributed by atoms with Crippen LogP contribution in [0.2, 0.25) is 0 Å². The number of carbonyl (C=O) groups is 3. The van der Waals surface area contributed by atoms with Crippen LogP contribution in [0.25, 0.3) is 0 Å². The van der Waals surface area contributed by atoms with Crippen LogP contribution >= 0.6 is 0 Å². The number of unbranched alkanes of at least 4 members (excludes halogenated alkanes) is 2. The van der Waals surface area contributed by atoms with Gasteiger partial charge in [0.15, 0.2) is 5.78 Å². The molecule has 5 heteroatoms. The number of amides is 1. The Morgan fingerprint density at radius 3 is 2.46 bits per heavy atom. The number of ether oxygens (including phenoxy) is 1. The van der Waals surface area contributed by atoms with E-state index in [0.717, 1.165) is 31.2 Å². The summed E-state index contributed by atoms with van der Waals surface area (Å²) in [7, 11) is 4.91. The molecule has 0 unspecified atom stereocenters. The van der Waals surface area contributed by atoms with Gasteiger partial charge in [0, 0.05) is 32.5 Å². The van der Waals surface area contributed by atoms with Gasteiger partial charge in [-0.1, -0.05) is 31.5 Å². The van der Waals surface area contributed by atoms with E-state index in [1.165, 1.54) is 7.11 Å². The lowest BCUT2D eigenvalue weighted by atomic mass is 9.97. The van der Waals surface area contributed by atoms with Gasteiger partial charge in [0.25, 0.3) is 0 Å². The van der Waals surface area contributed by atoms with Gasteiger partial charge in [0.05, 0.1) is 13.0 Å². The average Bonchev–Trinajstić information content (AvgIpc) is 2.64. The zero-order valence-corrected chi connectivity index (χ0v) is 16.4. The van der Waals surface area contributed by atoms with Crippen LogP contribution in [0.3, 0.4) is 0 Å². The third-order valence-electron chi connectivity index (χ3n) is 4.51. The van der Waals surface area contributed by atoms with Crippen LogP contribution in [-0.2, 0) is 20.7 Å². The molecule has 1 rings (SSSR count). The Hall–Kier alpha value is -2.17. The number of Topliss-reactive ketones (excluding diaryl/α,β-unsaturated/α-hetero) is 1. The van der Waals surface area contributed by atoms with Crippen molar-refractivity contribution in [1.82, 2.24) is 4.90 Å². The van der Waals surface area contributed by atoms with Gasteiger partial charge in [-0.25, -0.2) is 0 Å². The Morgan fingerprint density at radius 1 is 1.08 bits per heavy atom. The van der Waals surface area contributed by atoms with E-state index in [0.29, 0.717) is 24.8 Å². The summed E-state index contributed by atoms with van der Waals surface area (Å²) in [4.78, 5) is 36.9. The van der Waals surface area contributed by atoms with Gasteiger partial charge in [-0.2, -0.15) is 0 Å². The zero-order chi connectivity index (χ0) is 19.5. The number of aryl methyl sites for hydroxylation is 1. The lowest BCUT2D eigenvalue weighted by molar-refractivity contribution is -0.145. The molecule has 0 aromatic heterocycles. The molecule has 26 heavy (non-hydrogen) atoms. The minimum atomic E-state index is -0.278. The molecular weight excluding hydrogens is 330 g/mol. The first-order chi connectivity index (χ1) is 12.3. The highest BCUT2D eigenvalue weighted by molar-refractivity contribution is 5.96. The van der Waals surface area contributed by atoms with E-state index >= 15 is 0 Å². The largest absolute Gasteiger partial charge is 0.469 e. The average molecular weight is 361 g/mol. The molecule has 0 N–H and O–H groups in total. The van der Waals surface area contributed by atoms with Gasteiger partial charge in [-0.3, -0.25) is 14.4 Å². The number of methoxy groups -OCH3 is 1. The van der Waals surface area contributed by atoms with E-state index in [9.17, 15) is 14.4 Å². The molecule has 144 valence electrons. The molecule has 1 amide bonds. The highest BCUT2D eigenvalue weighted by Gasteiger charge is 2.15. The smallest absolute Gasteiger partial charge is 0.308 e. The van der Waals surface area contributed by atoms with E-state index in [2.05, 4.69) is 4.74 Å². The maximum atomic E-state index is 12.3. The highest BCUT2D eigenvalue weighted by atomic mass is 16.5. The Bertz CT molecular complexity index is 610. The van der Waals surface area contributed by atoms with E-state index < -0.39 is 0 Å². The Morgan fingerprint density at radius 2 is 1.81 bits per heavy atom. The van der Waals surface area contributed by atoms with Crippen molar-refractivity contribution in [3.63, 3.8) is 0 Å². The van der Waals surface area contributed by atoms with E-state index in [4.69, 9.17) is 0 Å². The van der Waals surface area contributed by atoms with Crippen LogP contribution in [-0.4, -0.2) is 43.8 Å². The molecule has 0 spiro atoms. The number of esters is 1. The number of rotatable bonds is 11. The Kier molecular flexibility index (Phi) is 9.63. The van der Waals surface area contributed by atoms with Crippen molar-refractivity contribution < 1.29 is 19.1 Å². The van der Waals surface area contributed by atoms with Crippen molar-refractivity contribution in [1.29, 1.82) is 0 Å². The summed E-state index contributed by atoms with van der Waals surface area (Å²) in [6, 6.07) is 7.70. The van der Waals surface area contributed by atoms with Crippen molar-refractivity contribution in [3.05, 3.63) is 35.4 Å². The second-order valence-corrected chi connectivity index (χ2v) is 6.94. The molecule has 0 bridgehead atoms. The quantitative estimate of drug-likeness (QED) is 0.343. The molecule has 0 saturated carbocycles. The lowest BCUT2D eigenvalue weighted by Gasteiger charge is -2.10. The van der Waals surface area contributed by atoms with Crippen molar-refractivity contribution >= 4 is 17.7 Å². The van der Waals surface area contributed by atoms with Crippen LogP contribution in [0.1, 0.15) is 61.4 Å². The van der Waals surface area contributed by atoms with Crippen molar-refractivity contribution in [2.75, 3.05) is 21.2 Å². The first-order valence-electron chi connectivity index (χ1n) is 9.25. The van der Waals surface area contributed by atoms with Crippen LogP contribution in [0.15, 0.2) is 24.3 Å². The van der Waals surface area contributed by atoms with Crippen LogP contribution in [0, 0.1) is 5.92 Å². The number of hydrogen-bond acceptors (Lipinski definition) is 4. The molecule has 0 heterocycles. The minimum absolute atomic E-state index is 0.0548. The lowest BCUT2D eigenvalue weighted by Crippen LogP contribution is -2.20. The molecule has 0 radical (unpaired) electrons. The van der Waals surface area contributed by atoms with Crippen LogP contribution in [0.5, 0.6) is 0 Å². The topological polar surface area (TPSA) is 63.7 Å². The van der Waals surface area contributed by atoms with Gasteiger partial charge in [0.1, 0.15) is 0 Å². The van der Waals surface area contributed by atoms with Crippen LogP contribution in [0.4, 0.5) is 0 Å². The van der Waals surface area contributed by atoms with E-state index in [-0.39, 0.29) is 23.6 Å². The van der Waals surface area contributed by atoms with Crippen molar-refractivity contribution in [3.8, 4) is 0 Å². The van der Waals surface area contributed by atoms with Crippen molar-refractivity contribution in [2.45, 2.75) is 51.9 Å². The Balaban J connectivity index is 2.41. The summed E-state index contributed by atoms with van der Waals surface area (Å²) in [5, 5.41) is 0. The summed E-state index contributed by atoms with van der Waals surface area (Å²) in [6.07, 6.45) is 5.20. The number of carbonyl (C=O) groups excluding carboxylic acids is 3. The molecule has 0 fully saturated rings. The fourth-order valence-corrected chi connectivity index (χ4v) is 2.72. The van der Waals surface area contributed by atoms with E-state index in [1.807, 2.05) is 24.3 Å². The number of hydrogen-bond donors (Lipinski definition) is 0. The minimum Gasteiger partial charge on any atom is -0.469 e. The molecule has 0 saturated heterocycles. The molecule has 0 aliphatic heterocycles. The van der Waals surface area contributed by atoms with Gasteiger partial charge < -0.3 is 9.64 Å². The predicted octanol–water partition coefficient (Wildman–Crippen LogP) is 3.65. The molecule has 0 aliphatic carbocycles. The van der Waals surface area contributed by atoms with Gasteiger partial charge in [0.2, 0.25) is 5.91 Å². The monoisotopic (exact) mass is 361 g/mol. The fourth-order valence-electron chi connectivity index (χ4n) is 2.72. The molecule has 1 aromatic rings. The second-order valence-electron chi connectivity index (χ2n) is 6.94. The summed E-state index contributed by atoms with van der Waals surface area (Å²) in [5.41, 5.74) is 1.83. The number of ketones is 1. The summed E-state index contributed by atoms with van der Waals surface area (Å²) < 4.78 is 4.69. The normalized spacial score (nSPS) is 11.7. The third kappa shape index (κ3) is 7.81. The molecule has 1 atom stereocenters. The second kappa shape index (κ2) is 11.4.